The van der Waals surface area contributed by atoms with E-state index in [1.54, 1.807) is 0 Å². The van der Waals surface area contributed by atoms with E-state index in [0.29, 0.717) is 17.5 Å². The maximum atomic E-state index is 5.63. The van der Waals surface area contributed by atoms with Crippen LogP contribution in [0.25, 0.3) is 142 Å². The molecule has 0 atom stereocenters. The number of fused-ring (bicyclic) bond motifs is 11. The van der Waals surface area contributed by atoms with Crippen LogP contribution in [0.5, 0.6) is 0 Å². The highest BCUT2D eigenvalue weighted by atomic mass is 32.1. The Hall–Kier alpha value is -9.23. The van der Waals surface area contributed by atoms with Crippen LogP contribution in [0, 0.1) is 0 Å². The van der Waals surface area contributed by atoms with E-state index in [-0.39, 0.29) is 0 Å². The fourth-order valence-electron chi connectivity index (χ4n) is 11.2. The molecule has 330 valence electrons. The molecule has 0 amide bonds. The van der Waals surface area contributed by atoms with Crippen LogP contribution in [0.15, 0.2) is 237 Å². The summed E-state index contributed by atoms with van der Waals surface area (Å²) in [6.07, 6.45) is 0. The van der Waals surface area contributed by atoms with E-state index in [1.165, 1.54) is 52.5 Å². The summed E-state index contributed by atoms with van der Waals surface area (Å²) in [7, 11) is 0. The van der Waals surface area contributed by atoms with Gasteiger partial charge in [0.15, 0.2) is 17.5 Å². The van der Waals surface area contributed by atoms with Gasteiger partial charge in [0.05, 0.1) is 22.1 Å². The molecule has 0 radical (unpaired) electrons. The van der Waals surface area contributed by atoms with E-state index in [1.807, 2.05) is 17.4 Å². The predicted molar refractivity (Wildman–Crippen MR) is 298 cm³/mol. The lowest BCUT2D eigenvalue weighted by molar-refractivity contribution is 1.08. The van der Waals surface area contributed by atoms with E-state index in [9.17, 15) is 0 Å². The van der Waals surface area contributed by atoms with Crippen molar-refractivity contribution in [2.45, 2.75) is 0 Å². The molecule has 0 N–H and O–H groups in total. The second-order valence-corrected chi connectivity index (χ2v) is 19.4. The fraction of sp³-hybridized carbons (Fsp3) is 0. The summed E-state index contributed by atoms with van der Waals surface area (Å²) in [4.78, 5) is 16.5. The molecule has 4 aromatic heterocycles. The normalized spacial score (nSPS) is 11.9. The second kappa shape index (κ2) is 15.7. The molecule has 5 nitrogen and oxygen atoms in total. The molecule has 0 fully saturated rings. The van der Waals surface area contributed by atoms with Gasteiger partial charge in [-0.1, -0.05) is 164 Å². The Morgan fingerprint density at radius 1 is 0.296 bits per heavy atom. The van der Waals surface area contributed by atoms with Crippen molar-refractivity contribution in [3.05, 3.63) is 237 Å². The van der Waals surface area contributed by atoms with Crippen LogP contribution in [0.3, 0.4) is 0 Å². The molecule has 0 aliphatic rings. The molecule has 71 heavy (non-hydrogen) atoms. The Morgan fingerprint density at radius 2 is 0.887 bits per heavy atom. The highest BCUT2D eigenvalue weighted by molar-refractivity contribution is 7.26. The molecular formula is C65H39N5S. The molecule has 4 heterocycles. The summed E-state index contributed by atoms with van der Waals surface area (Å²) in [6, 6.07) is 85.1. The van der Waals surface area contributed by atoms with Gasteiger partial charge in [0.1, 0.15) is 0 Å². The third-order valence-electron chi connectivity index (χ3n) is 14.3. The van der Waals surface area contributed by atoms with Crippen LogP contribution in [-0.2, 0) is 0 Å². The van der Waals surface area contributed by atoms with Crippen molar-refractivity contribution < 1.29 is 0 Å². The van der Waals surface area contributed by atoms with Crippen LogP contribution >= 0.6 is 11.3 Å². The van der Waals surface area contributed by atoms with Crippen LogP contribution in [0.4, 0.5) is 0 Å². The van der Waals surface area contributed by atoms with Gasteiger partial charge in [-0.3, -0.25) is 0 Å². The molecule has 0 saturated carbocycles. The Bertz CT molecular complexity index is 4640. The minimum Gasteiger partial charge on any atom is -0.309 e. The molecule has 15 aromatic rings. The third-order valence-corrected chi connectivity index (χ3v) is 15.4. The predicted octanol–water partition coefficient (Wildman–Crippen LogP) is 17.4. The van der Waals surface area contributed by atoms with Crippen LogP contribution in [0.2, 0.25) is 0 Å². The zero-order valence-electron chi connectivity index (χ0n) is 38.2. The SMILES string of the molecule is c1ccc(-c2nc(-c3ccc(-n4c5ccccc5c5cc6ccccc6cc54)cc3-c3c4ccccc4cc4sc5ccccc5c34)nc(-c3cccc4c3c3ccccc3n4-c3ccccc3)n2)cc1. The molecule has 6 heteroatoms. The summed E-state index contributed by atoms with van der Waals surface area (Å²) >= 11 is 1.85. The van der Waals surface area contributed by atoms with Crippen molar-refractivity contribution in [1.29, 1.82) is 0 Å². The molecule has 0 aliphatic carbocycles. The van der Waals surface area contributed by atoms with Gasteiger partial charge >= 0.3 is 0 Å². The molecule has 0 aliphatic heterocycles. The van der Waals surface area contributed by atoms with Crippen LogP contribution in [-0.4, -0.2) is 24.1 Å². The number of hydrogen-bond acceptors (Lipinski definition) is 4. The van der Waals surface area contributed by atoms with E-state index in [0.717, 1.165) is 72.0 Å². The number of thiophene rings is 1. The molecule has 0 unspecified atom stereocenters. The Kier molecular flexibility index (Phi) is 8.76. The molecule has 0 bridgehead atoms. The first kappa shape index (κ1) is 39.7. The van der Waals surface area contributed by atoms with Gasteiger partial charge in [0.2, 0.25) is 0 Å². The number of rotatable bonds is 6. The minimum atomic E-state index is 0.605. The number of benzene rings is 11. The van der Waals surface area contributed by atoms with Crippen molar-refractivity contribution in [1.82, 2.24) is 24.1 Å². The van der Waals surface area contributed by atoms with Crippen LogP contribution in [0.1, 0.15) is 0 Å². The Balaban J connectivity index is 1.07. The summed E-state index contributed by atoms with van der Waals surface area (Å²) in [6.45, 7) is 0. The number of para-hydroxylation sites is 3. The van der Waals surface area contributed by atoms with Crippen molar-refractivity contribution in [2.75, 3.05) is 0 Å². The number of nitrogens with zero attached hydrogens (tertiary/aromatic N) is 5. The highest BCUT2D eigenvalue weighted by Crippen LogP contribution is 2.48. The van der Waals surface area contributed by atoms with Crippen molar-refractivity contribution in [3.8, 4) is 56.7 Å². The Morgan fingerprint density at radius 3 is 1.69 bits per heavy atom. The summed E-state index contributed by atoms with van der Waals surface area (Å²) in [5.74, 6) is 1.83. The lowest BCUT2D eigenvalue weighted by Crippen LogP contribution is -2.03. The monoisotopic (exact) mass is 921 g/mol. The van der Waals surface area contributed by atoms with Gasteiger partial charge in [-0.25, -0.2) is 15.0 Å². The van der Waals surface area contributed by atoms with Crippen molar-refractivity contribution in [2.24, 2.45) is 0 Å². The van der Waals surface area contributed by atoms with Gasteiger partial charge in [-0.15, -0.1) is 11.3 Å². The minimum absolute atomic E-state index is 0.605. The zero-order chi connectivity index (χ0) is 46.6. The molecule has 11 aromatic carbocycles. The van der Waals surface area contributed by atoms with Gasteiger partial charge in [-0.05, 0) is 105 Å². The Labute approximate surface area is 411 Å². The number of hydrogen-bond donors (Lipinski definition) is 0. The smallest absolute Gasteiger partial charge is 0.164 e. The quantitative estimate of drug-likeness (QED) is 0.167. The van der Waals surface area contributed by atoms with E-state index < -0.39 is 0 Å². The average molecular weight is 922 g/mol. The van der Waals surface area contributed by atoms with Gasteiger partial charge in [0.25, 0.3) is 0 Å². The first-order valence-electron chi connectivity index (χ1n) is 24.0. The third kappa shape index (κ3) is 6.15. The molecule has 0 saturated heterocycles. The van der Waals surface area contributed by atoms with Crippen LogP contribution < -0.4 is 0 Å². The van der Waals surface area contributed by atoms with Gasteiger partial charge in [0, 0.05) is 69.8 Å². The lowest BCUT2D eigenvalue weighted by atomic mass is 9.90. The highest BCUT2D eigenvalue weighted by Gasteiger charge is 2.25. The largest absolute Gasteiger partial charge is 0.309 e. The topological polar surface area (TPSA) is 48.5 Å². The van der Waals surface area contributed by atoms with Gasteiger partial charge < -0.3 is 9.13 Å². The maximum Gasteiger partial charge on any atom is 0.164 e. The fourth-order valence-corrected chi connectivity index (χ4v) is 12.4. The summed E-state index contributed by atoms with van der Waals surface area (Å²) in [5, 5.41) is 11.9. The van der Waals surface area contributed by atoms with Gasteiger partial charge in [-0.2, -0.15) is 0 Å². The number of aromatic nitrogens is 5. The first-order valence-corrected chi connectivity index (χ1v) is 24.8. The first-order chi connectivity index (χ1) is 35.2. The summed E-state index contributed by atoms with van der Waals surface area (Å²) in [5.41, 5.74) is 11.7. The lowest BCUT2D eigenvalue weighted by Gasteiger charge is -2.18. The van der Waals surface area contributed by atoms with E-state index >= 15 is 0 Å². The molecular weight excluding hydrogens is 883 g/mol. The average Bonchev–Trinajstić information content (AvgIpc) is 4.09. The standard InChI is InChI=1S/C65H39N5S/c1-3-18-40(19-4-1)63-66-64(68-65(67-63)51-29-17-32-56-60(51)49-27-12-15-31-55(49)69(56)44-23-5-2-6-24-44)48-35-34-45(70-54-30-14-11-26-47(54)52-36-41-20-7-8-21-42(41)37-57(52)70)39-53(48)61-46-25-10-9-22-43(46)38-59-62(61)50-28-13-16-33-58(50)71-59/h1-39H. The molecule has 15 rings (SSSR count). The molecule has 0 spiro atoms. The van der Waals surface area contributed by atoms with Crippen molar-refractivity contribution in [3.63, 3.8) is 0 Å². The second-order valence-electron chi connectivity index (χ2n) is 18.3. The summed E-state index contributed by atoms with van der Waals surface area (Å²) < 4.78 is 7.28. The van der Waals surface area contributed by atoms with E-state index in [4.69, 9.17) is 15.0 Å². The van der Waals surface area contributed by atoms with E-state index in [2.05, 4.69) is 240 Å². The maximum absolute atomic E-state index is 5.63. The van der Waals surface area contributed by atoms with Crippen molar-refractivity contribution >= 4 is 96.7 Å². The zero-order valence-corrected chi connectivity index (χ0v) is 39.0.